The van der Waals surface area contributed by atoms with Crippen LogP contribution in [0.1, 0.15) is 16.7 Å². The third-order valence-corrected chi connectivity index (χ3v) is 4.26. The monoisotopic (exact) mass is 365 g/mol. The fourth-order valence-electron chi connectivity index (χ4n) is 1.93. The average molecular weight is 365 g/mol. The minimum atomic E-state index is -4.42. The number of amides is 1. The highest BCUT2D eigenvalue weighted by molar-refractivity contribution is 7.99. The molecule has 0 radical (unpaired) electrons. The predicted molar refractivity (Wildman–Crippen MR) is 87.6 cm³/mol. The van der Waals surface area contributed by atoms with Crippen molar-refractivity contribution in [3.63, 3.8) is 0 Å². The van der Waals surface area contributed by atoms with Crippen LogP contribution in [-0.4, -0.2) is 28.6 Å². The third kappa shape index (κ3) is 5.50. The molecule has 0 unspecified atom stereocenters. The highest BCUT2D eigenvalue weighted by atomic mass is 32.2. The maximum absolute atomic E-state index is 12.5. The van der Waals surface area contributed by atoms with Crippen LogP contribution in [-0.2, 0) is 17.5 Å². The lowest BCUT2D eigenvalue weighted by Crippen LogP contribution is -2.27. The fraction of sp³-hybridized carbons (Fsp3) is 0.235. The summed E-state index contributed by atoms with van der Waals surface area (Å²) in [5, 5.41) is 9.11. The normalized spacial score (nSPS) is 11.0. The zero-order chi connectivity index (χ0) is 18.4. The lowest BCUT2D eigenvalue weighted by Gasteiger charge is -2.17. The van der Waals surface area contributed by atoms with Gasteiger partial charge in [0.05, 0.1) is 28.0 Å². The summed E-state index contributed by atoms with van der Waals surface area (Å²) < 4.78 is 37.4. The van der Waals surface area contributed by atoms with Crippen LogP contribution in [0.25, 0.3) is 0 Å². The molecule has 0 saturated carbocycles. The molecule has 1 amide bonds. The molecule has 0 saturated heterocycles. The highest BCUT2D eigenvalue weighted by Gasteiger charge is 2.30. The Morgan fingerprint density at radius 3 is 2.44 bits per heavy atom. The molecule has 0 aliphatic rings. The Hall–Kier alpha value is -2.53. The van der Waals surface area contributed by atoms with Gasteiger partial charge in [-0.05, 0) is 29.8 Å². The molecule has 0 spiro atoms. The Bertz CT molecular complexity index is 768. The summed E-state index contributed by atoms with van der Waals surface area (Å²) in [6.07, 6.45) is -3.67. The van der Waals surface area contributed by atoms with E-state index in [9.17, 15) is 18.0 Å². The number of aromatic nitrogens is 1. The number of thioether (sulfide) groups is 1. The van der Waals surface area contributed by atoms with E-state index >= 15 is 0 Å². The van der Waals surface area contributed by atoms with Gasteiger partial charge in [-0.25, -0.2) is 4.98 Å². The van der Waals surface area contributed by atoms with Crippen LogP contribution in [0.15, 0.2) is 47.6 Å². The van der Waals surface area contributed by atoms with Gasteiger partial charge in [-0.1, -0.05) is 23.9 Å². The zero-order valence-corrected chi connectivity index (χ0v) is 14.1. The number of alkyl halides is 3. The molecule has 4 nitrogen and oxygen atoms in total. The molecule has 1 aromatic carbocycles. The second kappa shape index (κ2) is 8.03. The van der Waals surface area contributed by atoms with E-state index in [4.69, 9.17) is 5.26 Å². The van der Waals surface area contributed by atoms with E-state index < -0.39 is 11.7 Å². The standard InChI is InChI=1S/C17H14F3N3OS/c1-23(10-13-4-2-12(8-21)3-5-13)16(24)11-25-15-7-6-14(9-22-15)17(18,19)20/h2-7,9H,10-11H2,1H3. The highest BCUT2D eigenvalue weighted by Crippen LogP contribution is 2.29. The molecule has 25 heavy (non-hydrogen) atoms. The molecule has 8 heteroatoms. The van der Waals surface area contributed by atoms with Crippen molar-refractivity contribution in [1.29, 1.82) is 5.26 Å². The molecule has 0 aliphatic heterocycles. The summed E-state index contributed by atoms with van der Waals surface area (Å²) in [5.41, 5.74) is 0.607. The zero-order valence-electron chi connectivity index (χ0n) is 13.2. The minimum absolute atomic E-state index is 0.0745. The van der Waals surface area contributed by atoms with Gasteiger partial charge in [0.15, 0.2) is 0 Å². The summed E-state index contributed by atoms with van der Waals surface area (Å²) in [5.74, 6) is -0.0958. The van der Waals surface area contributed by atoms with E-state index in [1.807, 2.05) is 6.07 Å². The quantitative estimate of drug-likeness (QED) is 0.758. The topological polar surface area (TPSA) is 57.0 Å². The Morgan fingerprint density at radius 2 is 1.92 bits per heavy atom. The number of hydrogen-bond acceptors (Lipinski definition) is 4. The van der Waals surface area contributed by atoms with Crippen LogP contribution in [0.4, 0.5) is 13.2 Å². The molecular formula is C17H14F3N3OS. The second-order valence-electron chi connectivity index (χ2n) is 5.23. The van der Waals surface area contributed by atoms with Crippen molar-refractivity contribution in [3.05, 3.63) is 59.3 Å². The molecule has 2 rings (SSSR count). The van der Waals surface area contributed by atoms with E-state index in [2.05, 4.69) is 4.98 Å². The van der Waals surface area contributed by atoms with Gasteiger partial charge in [-0.15, -0.1) is 0 Å². The van der Waals surface area contributed by atoms with Crippen molar-refractivity contribution in [2.75, 3.05) is 12.8 Å². The smallest absolute Gasteiger partial charge is 0.341 e. The van der Waals surface area contributed by atoms with E-state index in [1.54, 1.807) is 31.3 Å². The maximum Gasteiger partial charge on any atom is 0.417 e. The predicted octanol–water partition coefficient (Wildman–Crippen LogP) is 3.72. The van der Waals surface area contributed by atoms with E-state index in [0.29, 0.717) is 17.1 Å². The number of carbonyl (C=O) groups is 1. The number of nitrogens with zero attached hydrogens (tertiary/aromatic N) is 3. The minimum Gasteiger partial charge on any atom is -0.341 e. The summed E-state index contributed by atoms with van der Waals surface area (Å²) in [6, 6.07) is 11.1. The first-order valence-electron chi connectivity index (χ1n) is 7.18. The van der Waals surface area contributed by atoms with Crippen LogP contribution in [0, 0.1) is 11.3 Å². The largest absolute Gasteiger partial charge is 0.417 e. The van der Waals surface area contributed by atoms with E-state index in [1.165, 1.54) is 11.0 Å². The van der Waals surface area contributed by atoms with Crippen molar-refractivity contribution in [3.8, 4) is 6.07 Å². The molecule has 130 valence electrons. The first kappa shape index (κ1) is 18.8. The fourth-order valence-corrected chi connectivity index (χ4v) is 2.71. The number of halogens is 3. The number of pyridine rings is 1. The molecule has 0 aliphatic carbocycles. The lowest BCUT2D eigenvalue weighted by atomic mass is 10.1. The summed E-state index contributed by atoms with van der Waals surface area (Å²) in [7, 11) is 1.64. The van der Waals surface area contributed by atoms with Gasteiger partial charge in [0.1, 0.15) is 0 Å². The van der Waals surface area contributed by atoms with Gasteiger partial charge in [0.2, 0.25) is 5.91 Å². The molecule has 2 aromatic rings. The first-order valence-corrected chi connectivity index (χ1v) is 8.17. The van der Waals surface area contributed by atoms with Gasteiger partial charge < -0.3 is 4.90 Å². The van der Waals surface area contributed by atoms with Gasteiger partial charge >= 0.3 is 6.18 Å². The van der Waals surface area contributed by atoms with Crippen LogP contribution in [0.5, 0.6) is 0 Å². The van der Waals surface area contributed by atoms with Crippen LogP contribution >= 0.6 is 11.8 Å². The Balaban J connectivity index is 1.87. The van der Waals surface area contributed by atoms with Gasteiger partial charge in [0, 0.05) is 19.8 Å². The average Bonchev–Trinajstić information content (AvgIpc) is 2.60. The van der Waals surface area contributed by atoms with Crippen molar-refractivity contribution in [2.24, 2.45) is 0 Å². The van der Waals surface area contributed by atoms with Gasteiger partial charge in [-0.2, -0.15) is 18.4 Å². The molecular weight excluding hydrogens is 351 g/mol. The molecule has 0 fully saturated rings. The Morgan fingerprint density at radius 1 is 1.24 bits per heavy atom. The van der Waals surface area contributed by atoms with Gasteiger partial charge in [-0.3, -0.25) is 4.79 Å². The first-order chi connectivity index (χ1) is 11.8. The summed E-state index contributed by atoms with van der Waals surface area (Å²) >= 11 is 1.08. The van der Waals surface area contributed by atoms with Crippen molar-refractivity contribution < 1.29 is 18.0 Å². The Kier molecular flexibility index (Phi) is 6.04. The number of nitriles is 1. The SMILES string of the molecule is CN(Cc1ccc(C#N)cc1)C(=O)CSc1ccc(C(F)(F)F)cn1. The summed E-state index contributed by atoms with van der Waals surface area (Å²) in [4.78, 5) is 17.3. The number of benzene rings is 1. The molecule has 1 heterocycles. The molecule has 1 aromatic heterocycles. The molecule has 0 atom stereocenters. The van der Waals surface area contributed by atoms with Crippen LogP contribution < -0.4 is 0 Å². The maximum atomic E-state index is 12.5. The van der Waals surface area contributed by atoms with Crippen LogP contribution in [0.2, 0.25) is 0 Å². The number of rotatable bonds is 5. The van der Waals surface area contributed by atoms with Crippen molar-refractivity contribution in [1.82, 2.24) is 9.88 Å². The second-order valence-corrected chi connectivity index (χ2v) is 6.23. The van der Waals surface area contributed by atoms with Crippen molar-refractivity contribution in [2.45, 2.75) is 17.7 Å². The summed E-state index contributed by atoms with van der Waals surface area (Å²) in [6.45, 7) is 0.380. The number of carbonyl (C=O) groups excluding carboxylic acids is 1. The van der Waals surface area contributed by atoms with Crippen molar-refractivity contribution >= 4 is 17.7 Å². The third-order valence-electron chi connectivity index (χ3n) is 3.34. The Labute approximate surface area is 147 Å². The molecule has 0 bridgehead atoms. The number of hydrogen-bond donors (Lipinski definition) is 0. The van der Waals surface area contributed by atoms with E-state index in [0.717, 1.165) is 29.6 Å². The van der Waals surface area contributed by atoms with E-state index in [-0.39, 0.29) is 11.7 Å². The van der Waals surface area contributed by atoms with Gasteiger partial charge in [0.25, 0.3) is 0 Å². The molecule has 0 N–H and O–H groups in total. The van der Waals surface area contributed by atoms with Crippen LogP contribution in [0.3, 0.4) is 0 Å². The lowest BCUT2D eigenvalue weighted by molar-refractivity contribution is -0.138.